The van der Waals surface area contributed by atoms with Gasteiger partial charge in [-0.05, 0) is 24.0 Å². The van der Waals surface area contributed by atoms with E-state index in [4.69, 9.17) is 5.73 Å². The van der Waals surface area contributed by atoms with E-state index >= 15 is 0 Å². The zero-order valence-electron chi connectivity index (χ0n) is 9.42. The van der Waals surface area contributed by atoms with Crippen molar-refractivity contribution in [1.82, 2.24) is 0 Å². The molecule has 0 aromatic heterocycles. The van der Waals surface area contributed by atoms with E-state index in [0.717, 1.165) is 12.1 Å². The van der Waals surface area contributed by atoms with E-state index < -0.39 is 17.6 Å². The summed E-state index contributed by atoms with van der Waals surface area (Å²) in [5, 5.41) is 0. The quantitative estimate of drug-likeness (QED) is 0.870. The lowest BCUT2D eigenvalue weighted by Gasteiger charge is -2.15. The Morgan fingerprint density at radius 1 is 1.41 bits per heavy atom. The van der Waals surface area contributed by atoms with Gasteiger partial charge in [0.05, 0.1) is 5.56 Å². The number of hydrogen-bond donors (Lipinski definition) is 1. The molecule has 0 radical (unpaired) electrons. The highest BCUT2D eigenvalue weighted by Crippen LogP contribution is 2.32. The summed E-state index contributed by atoms with van der Waals surface area (Å²) < 4.78 is 37.5. The molecule has 1 aromatic rings. The van der Waals surface area contributed by atoms with Crippen molar-refractivity contribution in [3.8, 4) is 0 Å². The van der Waals surface area contributed by atoms with E-state index in [-0.39, 0.29) is 12.3 Å². The molecule has 0 saturated heterocycles. The van der Waals surface area contributed by atoms with Crippen molar-refractivity contribution in [1.29, 1.82) is 0 Å². The fraction of sp³-hybridized carbons (Fsp3) is 0.417. The van der Waals surface area contributed by atoms with Gasteiger partial charge in [-0.2, -0.15) is 13.2 Å². The molecule has 2 N–H and O–H groups in total. The number of rotatable bonds is 4. The number of carbonyl (C=O) groups is 1. The fourth-order valence-corrected chi connectivity index (χ4v) is 1.71. The van der Waals surface area contributed by atoms with Crippen molar-refractivity contribution in [2.75, 3.05) is 0 Å². The van der Waals surface area contributed by atoms with E-state index in [1.54, 1.807) is 6.07 Å². The molecule has 1 amide bonds. The summed E-state index contributed by atoms with van der Waals surface area (Å²) in [7, 11) is 0. The molecule has 1 unspecified atom stereocenters. The third kappa shape index (κ3) is 3.76. The van der Waals surface area contributed by atoms with Crippen LogP contribution in [0.15, 0.2) is 24.3 Å². The predicted molar refractivity (Wildman–Crippen MR) is 58.3 cm³/mol. The van der Waals surface area contributed by atoms with E-state index in [0.29, 0.717) is 12.0 Å². The number of amides is 1. The van der Waals surface area contributed by atoms with Gasteiger partial charge >= 0.3 is 6.18 Å². The first-order valence-electron chi connectivity index (χ1n) is 5.30. The summed E-state index contributed by atoms with van der Waals surface area (Å²) in [4.78, 5) is 10.8. The van der Waals surface area contributed by atoms with Crippen LogP contribution in [0.5, 0.6) is 0 Å². The molecule has 0 saturated carbocycles. The average molecular weight is 245 g/mol. The van der Waals surface area contributed by atoms with Crippen molar-refractivity contribution in [3.63, 3.8) is 0 Å². The standard InChI is InChI=1S/C12H14F3NO/c1-2-8(7-11(16)17)9-4-3-5-10(6-9)12(13,14)15/h3-6,8H,2,7H2,1H3,(H2,16,17). The van der Waals surface area contributed by atoms with Crippen molar-refractivity contribution in [3.05, 3.63) is 35.4 Å². The molecule has 5 heteroatoms. The van der Waals surface area contributed by atoms with Crippen molar-refractivity contribution < 1.29 is 18.0 Å². The van der Waals surface area contributed by atoms with Crippen LogP contribution in [0.25, 0.3) is 0 Å². The number of alkyl halides is 3. The Balaban J connectivity index is 3.01. The molecule has 1 atom stereocenters. The van der Waals surface area contributed by atoms with Crippen molar-refractivity contribution in [2.24, 2.45) is 5.73 Å². The van der Waals surface area contributed by atoms with Gasteiger partial charge in [0, 0.05) is 6.42 Å². The van der Waals surface area contributed by atoms with Crippen LogP contribution in [0.2, 0.25) is 0 Å². The summed E-state index contributed by atoms with van der Waals surface area (Å²) in [6, 6.07) is 5.03. The minimum Gasteiger partial charge on any atom is -0.370 e. The van der Waals surface area contributed by atoms with Gasteiger partial charge in [0.2, 0.25) is 5.91 Å². The molecule has 94 valence electrons. The van der Waals surface area contributed by atoms with E-state index in [2.05, 4.69) is 0 Å². The zero-order chi connectivity index (χ0) is 13.1. The maximum absolute atomic E-state index is 12.5. The maximum Gasteiger partial charge on any atom is 0.416 e. The summed E-state index contributed by atoms with van der Waals surface area (Å²) in [5.41, 5.74) is 4.87. The minimum absolute atomic E-state index is 0.0673. The molecule has 0 aliphatic heterocycles. The van der Waals surface area contributed by atoms with Gasteiger partial charge in [-0.1, -0.05) is 25.1 Å². The number of hydrogen-bond acceptors (Lipinski definition) is 1. The van der Waals surface area contributed by atoms with Crippen LogP contribution in [-0.2, 0) is 11.0 Å². The van der Waals surface area contributed by atoms with Crippen LogP contribution < -0.4 is 5.73 Å². The van der Waals surface area contributed by atoms with Crippen LogP contribution in [0, 0.1) is 0 Å². The van der Waals surface area contributed by atoms with Gasteiger partial charge < -0.3 is 5.73 Å². The number of benzene rings is 1. The average Bonchev–Trinajstić information content (AvgIpc) is 2.24. The molecule has 1 aromatic carbocycles. The highest BCUT2D eigenvalue weighted by Gasteiger charge is 2.30. The second kappa shape index (κ2) is 5.21. The molecule has 0 heterocycles. The SMILES string of the molecule is CCC(CC(N)=O)c1cccc(C(F)(F)F)c1. The number of carbonyl (C=O) groups excluding carboxylic acids is 1. The van der Waals surface area contributed by atoms with Gasteiger partial charge in [-0.15, -0.1) is 0 Å². The predicted octanol–water partition coefficient (Wildman–Crippen LogP) is 3.07. The molecular formula is C12H14F3NO. The summed E-state index contributed by atoms with van der Waals surface area (Å²) in [5.74, 6) is -0.760. The molecule has 0 bridgehead atoms. The van der Waals surface area contributed by atoms with Crippen LogP contribution in [0.1, 0.15) is 36.8 Å². The molecule has 1 rings (SSSR count). The Bertz CT molecular complexity index is 401. The minimum atomic E-state index is -4.36. The van der Waals surface area contributed by atoms with E-state index in [1.807, 2.05) is 6.92 Å². The summed E-state index contributed by atoms with van der Waals surface area (Å²) in [6.45, 7) is 1.81. The molecule has 0 aliphatic carbocycles. The first kappa shape index (κ1) is 13.5. The number of primary amides is 1. The van der Waals surface area contributed by atoms with Gasteiger partial charge in [-0.25, -0.2) is 0 Å². The van der Waals surface area contributed by atoms with E-state index in [9.17, 15) is 18.0 Å². The Morgan fingerprint density at radius 3 is 2.53 bits per heavy atom. The van der Waals surface area contributed by atoms with Crippen LogP contribution in [-0.4, -0.2) is 5.91 Å². The van der Waals surface area contributed by atoms with Crippen molar-refractivity contribution >= 4 is 5.91 Å². The molecule has 0 spiro atoms. The highest BCUT2D eigenvalue weighted by molar-refractivity contribution is 5.74. The Kier molecular flexibility index (Phi) is 4.15. The molecular weight excluding hydrogens is 231 g/mol. The summed E-state index contributed by atoms with van der Waals surface area (Å²) >= 11 is 0. The monoisotopic (exact) mass is 245 g/mol. The largest absolute Gasteiger partial charge is 0.416 e. The molecule has 0 fully saturated rings. The smallest absolute Gasteiger partial charge is 0.370 e. The second-order valence-corrected chi connectivity index (χ2v) is 3.90. The normalized spacial score (nSPS) is 13.4. The van der Waals surface area contributed by atoms with Crippen LogP contribution >= 0.6 is 0 Å². The lowest BCUT2D eigenvalue weighted by Crippen LogP contribution is -2.15. The molecule has 0 aliphatic rings. The number of halogens is 3. The third-order valence-electron chi connectivity index (χ3n) is 2.63. The van der Waals surface area contributed by atoms with Gasteiger partial charge in [0.25, 0.3) is 0 Å². The zero-order valence-corrected chi connectivity index (χ0v) is 9.42. The Hall–Kier alpha value is -1.52. The maximum atomic E-state index is 12.5. The van der Waals surface area contributed by atoms with Gasteiger partial charge in [-0.3, -0.25) is 4.79 Å². The second-order valence-electron chi connectivity index (χ2n) is 3.90. The molecule has 17 heavy (non-hydrogen) atoms. The molecule has 2 nitrogen and oxygen atoms in total. The van der Waals surface area contributed by atoms with Gasteiger partial charge in [0.15, 0.2) is 0 Å². The van der Waals surface area contributed by atoms with E-state index in [1.165, 1.54) is 6.07 Å². The topological polar surface area (TPSA) is 43.1 Å². The highest BCUT2D eigenvalue weighted by atomic mass is 19.4. The lowest BCUT2D eigenvalue weighted by atomic mass is 9.92. The Labute approximate surface area is 97.6 Å². The first-order chi connectivity index (χ1) is 7.84. The first-order valence-corrected chi connectivity index (χ1v) is 5.30. The van der Waals surface area contributed by atoms with Gasteiger partial charge in [0.1, 0.15) is 0 Å². The van der Waals surface area contributed by atoms with Crippen molar-refractivity contribution in [2.45, 2.75) is 31.9 Å². The Morgan fingerprint density at radius 2 is 2.06 bits per heavy atom. The third-order valence-corrected chi connectivity index (χ3v) is 2.63. The fourth-order valence-electron chi connectivity index (χ4n) is 1.71. The summed E-state index contributed by atoms with van der Waals surface area (Å²) in [6.07, 6.45) is -3.72. The lowest BCUT2D eigenvalue weighted by molar-refractivity contribution is -0.137. The van der Waals surface area contributed by atoms with Crippen LogP contribution in [0.4, 0.5) is 13.2 Å². The number of nitrogens with two attached hydrogens (primary N) is 1. The van der Waals surface area contributed by atoms with Crippen LogP contribution in [0.3, 0.4) is 0 Å².